The zero-order valence-corrected chi connectivity index (χ0v) is 26.5. The number of halogens is 2. The lowest BCUT2D eigenvalue weighted by Crippen LogP contribution is -2.28. The summed E-state index contributed by atoms with van der Waals surface area (Å²) in [7, 11) is -4.20. The fourth-order valence-corrected chi connectivity index (χ4v) is 7.94. The molecule has 0 aliphatic carbocycles. The predicted molar refractivity (Wildman–Crippen MR) is 177 cm³/mol. The van der Waals surface area contributed by atoms with E-state index in [1.165, 1.54) is 33.5 Å². The van der Waals surface area contributed by atoms with Crippen LogP contribution in [0.15, 0.2) is 101 Å². The van der Waals surface area contributed by atoms with E-state index in [-0.39, 0.29) is 4.90 Å². The molecular formula is C35H27ClFN3O2S2. The minimum absolute atomic E-state index is 0.0853. The van der Waals surface area contributed by atoms with E-state index in [0.29, 0.717) is 43.2 Å². The molecule has 220 valence electrons. The Hall–Kier alpha value is -4.26. The lowest BCUT2D eigenvalue weighted by molar-refractivity contribution is 0.554. The number of rotatable bonds is 6. The van der Waals surface area contributed by atoms with E-state index < -0.39 is 21.4 Å². The smallest absolute Gasteiger partial charge is 0.268 e. The summed E-state index contributed by atoms with van der Waals surface area (Å²) in [5.41, 5.74) is 11.1. The highest BCUT2D eigenvalue weighted by Gasteiger charge is 2.30. The maximum Gasteiger partial charge on any atom is 0.268 e. The van der Waals surface area contributed by atoms with Gasteiger partial charge in [-0.05, 0) is 85.8 Å². The SMILES string of the molecule is Cc1ccc(S(=O)(=O)n2c(-c3cccc(-c4ccc(C(C)(C)N)cc4Cl)c3)c(-c3ccsc3C#N)c3cc(F)ccc32)cc1. The lowest BCUT2D eigenvalue weighted by atomic mass is 9.92. The standard InChI is InChI=1S/C35H27ClFN3O2S2/c1-21-7-11-26(12-8-21)44(41,42)40-31-14-10-25(37)19-29(31)33(28-15-16-43-32(28)20-38)34(40)23-6-4-5-22(17-23)27-13-9-24(18-30(27)36)35(2,3)39/h4-19H,39H2,1-3H3. The molecule has 44 heavy (non-hydrogen) atoms. The molecule has 0 aliphatic heterocycles. The van der Waals surface area contributed by atoms with Crippen LogP contribution in [-0.4, -0.2) is 12.4 Å². The number of benzene rings is 4. The summed E-state index contributed by atoms with van der Waals surface area (Å²) in [6.45, 7) is 5.68. The minimum atomic E-state index is -4.20. The zero-order valence-electron chi connectivity index (χ0n) is 24.1. The highest BCUT2D eigenvalue weighted by molar-refractivity contribution is 7.90. The van der Waals surface area contributed by atoms with Crippen molar-refractivity contribution in [1.29, 1.82) is 5.26 Å². The molecule has 0 radical (unpaired) electrons. The van der Waals surface area contributed by atoms with Crippen molar-refractivity contribution in [1.82, 2.24) is 3.97 Å². The third-order valence-corrected chi connectivity index (χ3v) is 10.5. The summed E-state index contributed by atoms with van der Waals surface area (Å²) in [5, 5.41) is 12.6. The van der Waals surface area contributed by atoms with E-state index in [4.69, 9.17) is 17.3 Å². The maximum absolute atomic E-state index is 14.8. The molecule has 2 N–H and O–H groups in total. The van der Waals surface area contributed by atoms with Gasteiger partial charge >= 0.3 is 0 Å². The maximum atomic E-state index is 14.8. The Labute approximate surface area is 264 Å². The molecule has 0 saturated heterocycles. The Kier molecular flexibility index (Phi) is 7.47. The van der Waals surface area contributed by atoms with Crippen LogP contribution in [0.2, 0.25) is 5.02 Å². The molecular weight excluding hydrogens is 613 g/mol. The predicted octanol–water partition coefficient (Wildman–Crippen LogP) is 9.11. The van der Waals surface area contributed by atoms with E-state index in [1.54, 1.807) is 35.7 Å². The van der Waals surface area contributed by atoms with Crippen LogP contribution in [0.3, 0.4) is 0 Å². The van der Waals surface area contributed by atoms with Gasteiger partial charge < -0.3 is 5.73 Å². The quantitative estimate of drug-likeness (QED) is 0.197. The van der Waals surface area contributed by atoms with Crippen LogP contribution in [0.1, 0.15) is 29.9 Å². The molecule has 0 spiro atoms. The van der Waals surface area contributed by atoms with Gasteiger partial charge in [-0.15, -0.1) is 11.3 Å². The molecule has 0 aliphatic rings. The first-order valence-electron chi connectivity index (χ1n) is 13.7. The summed E-state index contributed by atoms with van der Waals surface area (Å²) in [4.78, 5) is 0.476. The van der Waals surface area contributed by atoms with Crippen molar-refractivity contribution in [2.45, 2.75) is 31.2 Å². The van der Waals surface area contributed by atoms with Crippen LogP contribution in [-0.2, 0) is 15.6 Å². The van der Waals surface area contributed by atoms with Crippen molar-refractivity contribution in [3.8, 4) is 39.6 Å². The van der Waals surface area contributed by atoms with Crippen LogP contribution in [0.4, 0.5) is 4.39 Å². The van der Waals surface area contributed by atoms with E-state index in [0.717, 1.165) is 22.3 Å². The topological polar surface area (TPSA) is 88.9 Å². The fourth-order valence-electron chi connectivity index (χ4n) is 5.41. The second-order valence-corrected chi connectivity index (χ2v) is 14.3. The van der Waals surface area contributed by atoms with Crippen LogP contribution in [0.25, 0.3) is 44.4 Å². The number of nitriles is 1. The molecule has 6 aromatic rings. The summed E-state index contributed by atoms with van der Waals surface area (Å²) in [6.07, 6.45) is 0. The van der Waals surface area contributed by atoms with E-state index in [2.05, 4.69) is 6.07 Å². The number of fused-ring (bicyclic) bond motifs is 1. The van der Waals surface area contributed by atoms with Crippen LogP contribution < -0.4 is 5.73 Å². The van der Waals surface area contributed by atoms with Gasteiger partial charge in [0.25, 0.3) is 10.0 Å². The highest BCUT2D eigenvalue weighted by atomic mass is 35.5. The Bertz CT molecular complexity index is 2220. The number of aromatic nitrogens is 1. The van der Waals surface area contributed by atoms with Gasteiger partial charge in [-0.2, -0.15) is 5.26 Å². The average molecular weight is 640 g/mol. The number of hydrogen-bond donors (Lipinski definition) is 1. The molecule has 0 amide bonds. The van der Waals surface area contributed by atoms with E-state index >= 15 is 0 Å². The lowest BCUT2D eigenvalue weighted by Gasteiger charge is -2.20. The highest BCUT2D eigenvalue weighted by Crippen LogP contribution is 2.46. The van der Waals surface area contributed by atoms with Gasteiger partial charge in [-0.3, -0.25) is 0 Å². The monoisotopic (exact) mass is 639 g/mol. The number of hydrogen-bond acceptors (Lipinski definition) is 5. The van der Waals surface area contributed by atoms with Gasteiger partial charge in [-0.25, -0.2) is 16.8 Å². The molecule has 2 aromatic heterocycles. The second kappa shape index (κ2) is 11.0. The van der Waals surface area contributed by atoms with Gasteiger partial charge in [0.2, 0.25) is 0 Å². The van der Waals surface area contributed by atoms with Crippen molar-refractivity contribution >= 4 is 43.9 Å². The Morgan fingerprint density at radius 3 is 2.34 bits per heavy atom. The Morgan fingerprint density at radius 2 is 1.66 bits per heavy atom. The average Bonchev–Trinajstić information content (AvgIpc) is 3.59. The van der Waals surface area contributed by atoms with Gasteiger partial charge in [0.05, 0.1) is 16.1 Å². The third kappa shape index (κ3) is 5.12. The zero-order chi connectivity index (χ0) is 31.4. The van der Waals surface area contributed by atoms with Gasteiger partial charge in [0.15, 0.2) is 0 Å². The van der Waals surface area contributed by atoms with Gasteiger partial charge in [0, 0.05) is 38.2 Å². The summed E-state index contributed by atoms with van der Waals surface area (Å²) in [6, 6.07) is 27.7. The van der Waals surface area contributed by atoms with Crippen LogP contribution in [0.5, 0.6) is 0 Å². The number of nitrogens with zero attached hydrogens (tertiary/aromatic N) is 2. The van der Waals surface area contributed by atoms with Crippen LogP contribution >= 0.6 is 22.9 Å². The number of thiophene rings is 1. The van der Waals surface area contributed by atoms with E-state index in [9.17, 15) is 18.1 Å². The Balaban J connectivity index is 1.70. The van der Waals surface area contributed by atoms with Crippen molar-refractivity contribution in [3.05, 3.63) is 123 Å². The van der Waals surface area contributed by atoms with Crippen molar-refractivity contribution in [2.24, 2.45) is 5.73 Å². The van der Waals surface area contributed by atoms with E-state index in [1.807, 2.05) is 63.2 Å². The minimum Gasteiger partial charge on any atom is -0.322 e. The number of nitrogens with two attached hydrogens (primary N) is 1. The third-order valence-electron chi connectivity index (χ3n) is 7.64. The molecule has 0 fully saturated rings. The first-order valence-corrected chi connectivity index (χ1v) is 16.4. The van der Waals surface area contributed by atoms with Crippen molar-refractivity contribution in [3.63, 3.8) is 0 Å². The number of aryl methyl sites for hydroxylation is 1. The van der Waals surface area contributed by atoms with Crippen LogP contribution in [0, 0.1) is 24.1 Å². The molecule has 0 saturated carbocycles. The molecule has 2 heterocycles. The molecule has 0 atom stereocenters. The van der Waals surface area contributed by atoms with Gasteiger partial charge in [-0.1, -0.05) is 59.6 Å². The summed E-state index contributed by atoms with van der Waals surface area (Å²) < 4.78 is 45.1. The van der Waals surface area contributed by atoms with Crippen molar-refractivity contribution < 1.29 is 12.8 Å². The first-order chi connectivity index (χ1) is 20.9. The fraction of sp³-hybridized carbons (Fsp3) is 0.114. The summed E-state index contributed by atoms with van der Waals surface area (Å²) in [5.74, 6) is -0.521. The normalized spacial score (nSPS) is 12.0. The molecule has 0 unspecified atom stereocenters. The Morgan fingerprint density at radius 1 is 0.932 bits per heavy atom. The molecule has 4 aromatic carbocycles. The largest absolute Gasteiger partial charge is 0.322 e. The van der Waals surface area contributed by atoms with Gasteiger partial charge in [0.1, 0.15) is 16.8 Å². The molecule has 5 nitrogen and oxygen atoms in total. The molecule has 6 rings (SSSR count). The summed E-state index contributed by atoms with van der Waals surface area (Å²) >= 11 is 8.01. The molecule has 9 heteroatoms. The molecule has 0 bridgehead atoms. The first kappa shape index (κ1) is 29.8. The van der Waals surface area contributed by atoms with Crippen molar-refractivity contribution in [2.75, 3.05) is 0 Å². The second-order valence-electron chi connectivity index (χ2n) is 11.2.